The van der Waals surface area contributed by atoms with Crippen molar-refractivity contribution in [3.05, 3.63) is 29.8 Å². The number of hydrogen-bond acceptors (Lipinski definition) is 2. The zero-order valence-electron chi connectivity index (χ0n) is 14.5. The summed E-state index contributed by atoms with van der Waals surface area (Å²) in [4.78, 5) is 0. The molecule has 3 rings (SSSR count). The molecular weight excluding hydrogens is 353 g/mol. The first-order valence-electron chi connectivity index (χ1n) is 9.18. The van der Waals surface area contributed by atoms with Gasteiger partial charge in [-0.3, -0.25) is 0 Å². The molecule has 1 saturated carbocycles. The molecule has 26 heavy (non-hydrogen) atoms. The van der Waals surface area contributed by atoms with E-state index in [1.807, 2.05) is 0 Å². The molecule has 7 heteroatoms. The van der Waals surface area contributed by atoms with Crippen molar-refractivity contribution in [2.24, 2.45) is 5.92 Å². The van der Waals surface area contributed by atoms with E-state index in [9.17, 15) is 22.0 Å². The van der Waals surface area contributed by atoms with Crippen molar-refractivity contribution >= 4 is 0 Å². The summed E-state index contributed by atoms with van der Waals surface area (Å²) in [6.45, 7) is 0.901. The maximum Gasteiger partial charge on any atom is 0.416 e. The molecule has 1 heterocycles. The Morgan fingerprint density at radius 1 is 1.12 bits per heavy atom. The number of piperidine rings is 1. The monoisotopic (exact) mass is 377 g/mol. The third kappa shape index (κ3) is 5.09. The van der Waals surface area contributed by atoms with Crippen LogP contribution < -0.4 is 10.1 Å². The molecule has 2 unspecified atom stereocenters. The van der Waals surface area contributed by atoms with Gasteiger partial charge in [-0.15, -0.1) is 0 Å². The van der Waals surface area contributed by atoms with Gasteiger partial charge in [0.2, 0.25) is 5.92 Å². The summed E-state index contributed by atoms with van der Waals surface area (Å²) >= 11 is 0. The molecule has 1 aliphatic carbocycles. The van der Waals surface area contributed by atoms with Gasteiger partial charge < -0.3 is 10.1 Å². The lowest BCUT2D eigenvalue weighted by molar-refractivity contribution is -0.137. The Morgan fingerprint density at radius 3 is 2.38 bits per heavy atom. The number of nitrogens with one attached hydrogen (secondary N) is 1. The number of alkyl halides is 5. The molecule has 2 aliphatic rings. The number of ether oxygens (including phenoxy) is 1. The molecule has 1 N–H and O–H groups in total. The third-order valence-electron chi connectivity index (χ3n) is 5.37. The first-order chi connectivity index (χ1) is 12.2. The van der Waals surface area contributed by atoms with Crippen molar-refractivity contribution in [2.45, 2.75) is 69.2 Å². The molecule has 146 valence electrons. The van der Waals surface area contributed by atoms with Gasteiger partial charge in [0.1, 0.15) is 11.9 Å². The summed E-state index contributed by atoms with van der Waals surface area (Å²) in [5.74, 6) is -2.66. The Hall–Kier alpha value is -1.37. The van der Waals surface area contributed by atoms with Crippen LogP contribution in [0, 0.1) is 5.92 Å². The summed E-state index contributed by atoms with van der Waals surface area (Å²) in [5.41, 5.74) is -0.747. The quantitative estimate of drug-likeness (QED) is 0.692. The van der Waals surface area contributed by atoms with Gasteiger partial charge in [-0.05, 0) is 56.5 Å². The highest BCUT2D eigenvalue weighted by Crippen LogP contribution is 2.42. The van der Waals surface area contributed by atoms with E-state index in [4.69, 9.17) is 4.74 Å². The van der Waals surface area contributed by atoms with E-state index in [-0.39, 0.29) is 24.8 Å². The van der Waals surface area contributed by atoms with Crippen molar-refractivity contribution in [1.82, 2.24) is 5.32 Å². The lowest BCUT2D eigenvalue weighted by Gasteiger charge is -2.31. The van der Waals surface area contributed by atoms with Crippen LogP contribution in [0.1, 0.15) is 50.5 Å². The Kier molecular flexibility index (Phi) is 5.75. The third-order valence-corrected chi connectivity index (χ3v) is 5.37. The van der Waals surface area contributed by atoms with Gasteiger partial charge in [-0.2, -0.15) is 13.2 Å². The van der Waals surface area contributed by atoms with Crippen molar-refractivity contribution in [3.63, 3.8) is 0 Å². The number of halogens is 5. The molecule has 1 aliphatic heterocycles. The highest BCUT2D eigenvalue weighted by molar-refractivity contribution is 5.29. The Labute approximate surface area is 150 Å². The van der Waals surface area contributed by atoms with Gasteiger partial charge in [0.25, 0.3) is 0 Å². The minimum absolute atomic E-state index is 0.150. The van der Waals surface area contributed by atoms with Crippen molar-refractivity contribution in [1.29, 1.82) is 0 Å². The molecule has 1 saturated heterocycles. The summed E-state index contributed by atoms with van der Waals surface area (Å²) in [6.07, 6.45) is -1.06. The van der Waals surface area contributed by atoms with E-state index >= 15 is 0 Å². The van der Waals surface area contributed by atoms with Gasteiger partial charge >= 0.3 is 6.18 Å². The molecule has 3 atom stereocenters. The standard InChI is InChI=1S/C19H24F5NO/c20-18(21)9-8-13(12-18)17(11-15-3-1-2-10-25-15)26-16-6-4-14(5-7-16)19(22,23)24/h4-7,13,15,17,25H,1-3,8-12H2/t13-,15?,17?/m1/s1. The largest absolute Gasteiger partial charge is 0.490 e. The zero-order chi connectivity index (χ0) is 18.8. The predicted molar refractivity (Wildman–Crippen MR) is 88.4 cm³/mol. The average Bonchev–Trinajstić information content (AvgIpc) is 2.95. The molecule has 1 aromatic carbocycles. The molecule has 0 bridgehead atoms. The van der Waals surface area contributed by atoms with E-state index in [0.717, 1.165) is 37.9 Å². The second-order valence-corrected chi connectivity index (χ2v) is 7.42. The van der Waals surface area contributed by atoms with Crippen molar-refractivity contribution in [3.8, 4) is 5.75 Å². The molecule has 1 aromatic rings. The Morgan fingerprint density at radius 2 is 1.85 bits per heavy atom. The van der Waals surface area contributed by atoms with Crippen LogP contribution in [-0.4, -0.2) is 24.6 Å². The minimum atomic E-state index is -4.41. The predicted octanol–water partition coefficient (Wildman–Crippen LogP) is 5.42. The van der Waals surface area contributed by atoms with Crippen molar-refractivity contribution in [2.75, 3.05) is 6.54 Å². The molecular formula is C19H24F5NO. The summed E-state index contributed by atoms with van der Waals surface area (Å²) in [7, 11) is 0. The fourth-order valence-electron chi connectivity index (χ4n) is 3.94. The highest BCUT2D eigenvalue weighted by atomic mass is 19.4. The van der Waals surface area contributed by atoms with Crippen LogP contribution in [0.2, 0.25) is 0 Å². The van der Waals surface area contributed by atoms with Gasteiger partial charge in [0.05, 0.1) is 5.56 Å². The van der Waals surface area contributed by atoms with Crippen LogP contribution in [0.4, 0.5) is 22.0 Å². The lowest BCUT2D eigenvalue weighted by Crippen LogP contribution is -2.40. The Balaban J connectivity index is 1.70. The van der Waals surface area contributed by atoms with E-state index in [0.29, 0.717) is 18.6 Å². The topological polar surface area (TPSA) is 21.3 Å². The van der Waals surface area contributed by atoms with Crippen LogP contribution in [0.15, 0.2) is 24.3 Å². The summed E-state index contributed by atoms with van der Waals surface area (Å²) in [6, 6.07) is 4.69. The molecule has 2 nitrogen and oxygen atoms in total. The first-order valence-corrected chi connectivity index (χ1v) is 9.18. The van der Waals surface area contributed by atoms with Crippen molar-refractivity contribution < 1.29 is 26.7 Å². The van der Waals surface area contributed by atoms with Crippen LogP contribution in [0.3, 0.4) is 0 Å². The van der Waals surface area contributed by atoms with Crippen LogP contribution in [-0.2, 0) is 6.18 Å². The summed E-state index contributed by atoms with van der Waals surface area (Å²) < 4.78 is 71.3. The highest BCUT2D eigenvalue weighted by Gasteiger charge is 2.44. The Bertz CT molecular complexity index is 581. The molecule has 0 amide bonds. The zero-order valence-corrected chi connectivity index (χ0v) is 14.5. The van der Waals surface area contributed by atoms with Gasteiger partial charge in [-0.25, -0.2) is 8.78 Å². The van der Waals surface area contributed by atoms with E-state index in [1.54, 1.807) is 0 Å². The molecule has 0 spiro atoms. The number of benzene rings is 1. The molecule has 0 aromatic heterocycles. The van der Waals surface area contributed by atoms with E-state index < -0.39 is 23.8 Å². The normalized spacial score (nSPS) is 27.3. The average molecular weight is 377 g/mol. The molecule has 0 radical (unpaired) electrons. The first kappa shape index (κ1) is 19.4. The second kappa shape index (κ2) is 7.71. The van der Waals surface area contributed by atoms with Crippen LogP contribution >= 0.6 is 0 Å². The fraction of sp³-hybridized carbons (Fsp3) is 0.684. The molecule has 2 fully saturated rings. The van der Waals surface area contributed by atoms with E-state index in [1.165, 1.54) is 12.1 Å². The maximum atomic E-state index is 13.7. The van der Waals surface area contributed by atoms with Gasteiger partial charge in [0, 0.05) is 24.8 Å². The summed E-state index contributed by atoms with van der Waals surface area (Å²) in [5, 5.41) is 3.39. The fourth-order valence-corrected chi connectivity index (χ4v) is 3.94. The van der Waals surface area contributed by atoms with E-state index in [2.05, 4.69) is 5.32 Å². The SMILES string of the molecule is FC1(F)CC[C@@H](C(CC2CCCCN2)Oc2ccc(C(F)(F)F)cc2)C1. The maximum absolute atomic E-state index is 13.7. The van der Waals surface area contributed by atoms with Crippen LogP contribution in [0.5, 0.6) is 5.75 Å². The smallest absolute Gasteiger partial charge is 0.416 e. The van der Waals surface area contributed by atoms with Crippen LogP contribution in [0.25, 0.3) is 0 Å². The minimum Gasteiger partial charge on any atom is -0.490 e. The number of hydrogen-bond donors (Lipinski definition) is 1. The van der Waals surface area contributed by atoms with Gasteiger partial charge in [-0.1, -0.05) is 6.42 Å². The lowest BCUT2D eigenvalue weighted by atomic mass is 9.91. The number of rotatable bonds is 5. The van der Waals surface area contributed by atoms with Gasteiger partial charge in [0.15, 0.2) is 0 Å². The second-order valence-electron chi connectivity index (χ2n) is 7.42.